The molecule has 0 fully saturated rings. The number of hydrogen-bond acceptors (Lipinski definition) is 5. The SMILES string of the molecule is Cc1cnc(Cl)nc1-c1ccc2c(c1)CCC(C)N2C(=O)c1ccc(O)cc1O. The maximum Gasteiger partial charge on any atom is 0.262 e. The van der Waals surface area contributed by atoms with Gasteiger partial charge in [-0.25, -0.2) is 9.97 Å². The van der Waals surface area contributed by atoms with E-state index in [0.717, 1.165) is 40.9 Å². The summed E-state index contributed by atoms with van der Waals surface area (Å²) >= 11 is 5.97. The van der Waals surface area contributed by atoms with Gasteiger partial charge in [-0.15, -0.1) is 0 Å². The van der Waals surface area contributed by atoms with Crippen LogP contribution in [-0.2, 0) is 6.42 Å². The highest BCUT2D eigenvalue weighted by Gasteiger charge is 2.30. The van der Waals surface area contributed by atoms with Crippen LogP contribution in [0, 0.1) is 6.92 Å². The molecule has 1 amide bonds. The van der Waals surface area contributed by atoms with Crippen LogP contribution in [0.5, 0.6) is 11.5 Å². The van der Waals surface area contributed by atoms with Crippen molar-refractivity contribution in [1.29, 1.82) is 0 Å². The number of fused-ring (bicyclic) bond motifs is 1. The summed E-state index contributed by atoms with van der Waals surface area (Å²) in [6.07, 6.45) is 3.31. The van der Waals surface area contributed by atoms with Gasteiger partial charge >= 0.3 is 0 Å². The van der Waals surface area contributed by atoms with E-state index in [9.17, 15) is 15.0 Å². The number of halogens is 1. The monoisotopic (exact) mass is 409 g/mol. The maximum absolute atomic E-state index is 13.2. The van der Waals surface area contributed by atoms with Crippen molar-refractivity contribution in [2.24, 2.45) is 0 Å². The van der Waals surface area contributed by atoms with Gasteiger partial charge in [0.15, 0.2) is 0 Å². The number of benzene rings is 2. The van der Waals surface area contributed by atoms with Crippen molar-refractivity contribution >= 4 is 23.2 Å². The first-order chi connectivity index (χ1) is 13.8. The Kier molecular flexibility index (Phi) is 4.88. The van der Waals surface area contributed by atoms with Crippen LogP contribution in [0.4, 0.5) is 5.69 Å². The number of hydrogen-bond donors (Lipinski definition) is 2. The Labute approximate surface area is 173 Å². The van der Waals surface area contributed by atoms with Crippen LogP contribution in [0.1, 0.15) is 34.8 Å². The average Bonchev–Trinajstić information content (AvgIpc) is 2.69. The molecule has 0 saturated carbocycles. The fourth-order valence-electron chi connectivity index (χ4n) is 3.75. The van der Waals surface area contributed by atoms with E-state index in [1.54, 1.807) is 11.1 Å². The summed E-state index contributed by atoms with van der Waals surface area (Å²) in [4.78, 5) is 23.3. The van der Waals surface area contributed by atoms with E-state index in [-0.39, 0.29) is 34.3 Å². The van der Waals surface area contributed by atoms with Gasteiger partial charge in [0.2, 0.25) is 5.28 Å². The van der Waals surface area contributed by atoms with Crippen molar-refractivity contribution in [3.05, 3.63) is 64.6 Å². The van der Waals surface area contributed by atoms with E-state index in [1.807, 2.05) is 32.0 Å². The fraction of sp³-hybridized carbons (Fsp3) is 0.227. The molecule has 0 bridgehead atoms. The molecule has 0 saturated heterocycles. The molecular weight excluding hydrogens is 390 g/mol. The van der Waals surface area contributed by atoms with Crippen molar-refractivity contribution < 1.29 is 15.0 Å². The number of carbonyl (C=O) groups excluding carboxylic acids is 1. The van der Waals surface area contributed by atoms with E-state index in [1.165, 1.54) is 18.2 Å². The third-order valence-electron chi connectivity index (χ3n) is 5.26. The maximum atomic E-state index is 13.2. The van der Waals surface area contributed by atoms with Crippen LogP contribution in [-0.4, -0.2) is 32.1 Å². The van der Waals surface area contributed by atoms with Crippen LogP contribution in [0.15, 0.2) is 42.6 Å². The molecule has 7 heteroatoms. The molecule has 148 valence electrons. The van der Waals surface area contributed by atoms with Crippen LogP contribution in [0.25, 0.3) is 11.3 Å². The van der Waals surface area contributed by atoms with E-state index in [4.69, 9.17) is 11.6 Å². The van der Waals surface area contributed by atoms with Gasteiger partial charge in [0.1, 0.15) is 11.5 Å². The number of rotatable bonds is 2. The fourth-order valence-corrected chi connectivity index (χ4v) is 3.89. The number of phenols is 2. The third-order valence-corrected chi connectivity index (χ3v) is 5.44. The van der Waals surface area contributed by atoms with Crippen molar-refractivity contribution in [3.8, 4) is 22.8 Å². The summed E-state index contributed by atoms with van der Waals surface area (Å²) in [6.45, 7) is 3.91. The van der Waals surface area contributed by atoms with Crippen molar-refractivity contribution in [2.75, 3.05) is 4.90 Å². The van der Waals surface area contributed by atoms with Gasteiger partial charge in [0, 0.05) is 29.6 Å². The lowest BCUT2D eigenvalue weighted by atomic mass is 9.93. The lowest BCUT2D eigenvalue weighted by molar-refractivity contribution is 0.0972. The molecule has 2 heterocycles. The molecule has 2 N–H and O–H groups in total. The van der Waals surface area contributed by atoms with Crippen LogP contribution in [0.2, 0.25) is 5.28 Å². The molecule has 29 heavy (non-hydrogen) atoms. The van der Waals surface area contributed by atoms with Gasteiger partial charge in [-0.05, 0) is 73.7 Å². The van der Waals surface area contributed by atoms with Gasteiger partial charge in [-0.2, -0.15) is 0 Å². The number of carbonyl (C=O) groups is 1. The minimum Gasteiger partial charge on any atom is -0.508 e. The summed E-state index contributed by atoms with van der Waals surface area (Å²) in [6, 6.07) is 9.84. The van der Waals surface area contributed by atoms with Crippen molar-refractivity contribution in [3.63, 3.8) is 0 Å². The number of phenolic OH excluding ortho intramolecular Hbond substituents is 2. The molecule has 1 aliphatic heterocycles. The largest absolute Gasteiger partial charge is 0.508 e. The van der Waals surface area contributed by atoms with Crippen LogP contribution in [0.3, 0.4) is 0 Å². The second-order valence-corrected chi connectivity index (χ2v) is 7.62. The van der Waals surface area contributed by atoms with Gasteiger partial charge in [0.05, 0.1) is 11.3 Å². The van der Waals surface area contributed by atoms with Crippen molar-refractivity contribution in [1.82, 2.24) is 9.97 Å². The Morgan fingerprint density at radius 2 is 2.00 bits per heavy atom. The molecule has 4 rings (SSSR count). The standard InChI is InChI=1S/C22H20ClN3O3/c1-12-11-24-22(23)25-20(12)15-5-8-18-14(9-15)4-3-13(2)26(18)21(29)17-7-6-16(27)10-19(17)28/h5-11,13,27-28H,3-4H2,1-2H3. The normalized spacial score (nSPS) is 15.8. The topological polar surface area (TPSA) is 86.6 Å². The first kappa shape index (κ1) is 19.2. The number of amides is 1. The number of aromatic nitrogens is 2. The van der Waals surface area contributed by atoms with Gasteiger partial charge in [-0.1, -0.05) is 6.07 Å². The first-order valence-corrected chi connectivity index (χ1v) is 9.71. The zero-order valence-corrected chi connectivity index (χ0v) is 16.8. The zero-order valence-electron chi connectivity index (χ0n) is 16.1. The Balaban J connectivity index is 1.76. The van der Waals surface area contributed by atoms with Gasteiger partial charge in [-0.3, -0.25) is 4.79 Å². The molecule has 0 spiro atoms. The van der Waals surface area contributed by atoms with E-state index in [0.29, 0.717) is 0 Å². The Morgan fingerprint density at radius 1 is 1.21 bits per heavy atom. The Morgan fingerprint density at radius 3 is 2.76 bits per heavy atom. The molecule has 0 aliphatic carbocycles. The van der Waals surface area contributed by atoms with E-state index < -0.39 is 0 Å². The van der Waals surface area contributed by atoms with Gasteiger partial charge < -0.3 is 15.1 Å². The number of anilines is 1. The average molecular weight is 410 g/mol. The second kappa shape index (κ2) is 7.37. The summed E-state index contributed by atoms with van der Waals surface area (Å²) in [5.74, 6) is -0.628. The smallest absolute Gasteiger partial charge is 0.262 e. The molecule has 1 atom stereocenters. The molecule has 6 nitrogen and oxygen atoms in total. The molecular formula is C22H20ClN3O3. The molecule has 2 aromatic carbocycles. The second-order valence-electron chi connectivity index (χ2n) is 7.28. The predicted octanol–water partition coefficient (Wildman–Crippen LogP) is 4.50. The summed E-state index contributed by atoms with van der Waals surface area (Å²) in [5.41, 5.74) is 4.59. The molecule has 1 aromatic heterocycles. The minimum atomic E-state index is -0.301. The number of aromatic hydroxyl groups is 2. The molecule has 1 unspecified atom stereocenters. The summed E-state index contributed by atoms with van der Waals surface area (Å²) in [5, 5.41) is 19.8. The lowest BCUT2D eigenvalue weighted by Gasteiger charge is -2.35. The predicted molar refractivity (Wildman–Crippen MR) is 112 cm³/mol. The van der Waals surface area contributed by atoms with Crippen LogP contribution < -0.4 is 4.90 Å². The first-order valence-electron chi connectivity index (χ1n) is 9.33. The van der Waals surface area contributed by atoms with Crippen molar-refractivity contribution in [2.45, 2.75) is 32.7 Å². The summed E-state index contributed by atoms with van der Waals surface area (Å²) in [7, 11) is 0. The Hall–Kier alpha value is -3.12. The molecule has 0 radical (unpaired) electrons. The Bertz CT molecular complexity index is 1120. The highest BCUT2D eigenvalue weighted by Crippen LogP contribution is 2.36. The molecule has 1 aliphatic rings. The van der Waals surface area contributed by atoms with E-state index in [2.05, 4.69) is 9.97 Å². The number of nitrogens with zero attached hydrogens (tertiary/aromatic N) is 3. The minimum absolute atomic E-state index is 0.0238. The zero-order chi connectivity index (χ0) is 20.7. The molecule has 3 aromatic rings. The van der Waals surface area contributed by atoms with E-state index >= 15 is 0 Å². The third kappa shape index (κ3) is 3.51. The lowest BCUT2D eigenvalue weighted by Crippen LogP contribution is -2.42. The number of aryl methyl sites for hydroxylation is 2. The van der Waals surface area contributed by atoms with Gasteiger partial charge in [0.25, 0.3) is 5.91 Å². The summed E-state index contributed by atoms with van der Waals surface area (Å²) < 4.78 is 0. The highest BCUT2D eigenvalue weighted by molar-refractivity contribution is 6.28. The highest BCUT2D eigenvalue weighted by atomic mass is 35.5. The van der Waals surface area contributed by atoms with Crippen LogP contribution >= 0.6 is 11.6 Å². The quantitative estimate of drug-likeness (QED) is 0.608.